The van der Waals surface area contributed by atoms with Crippen LogP contribution in [0.4, 0.5) is 42.2 Å². The predicted octanol–water partition coefficient (Wildman–Crippen LogP) is 8.26. The summed E-state index contributed by atoms with van der Waals surface area (Å²) < 4.78 is 95.6. The molecule has 2 saturated heterocycles. The Morgan fingerprint density at radius 1 is 0.884 bits per heavy atom. The molecule has 3 heterocycles. The van der Waals surface area contributed by atoms with Gasteiger partial charge in [-0.1, -0.05) is 6.07 Å². The molecule has 5 rings (SSSR count). The van der Waals surface area contributed by atoms with Crippen LogP contribution in [0, 0.1) is 12.7 Å². The Kier molecular flexibility index (Phi) is 7.98. The summed E-state index contributed by atoms with van der Waals surface area (Å²) >= 11 is 1.97. The first-order valence-corrected chi connectivity index (χ1v) is 14.6. The molecule has 0 N–H and O–H groups in total. The number of pyridine rings is 1. The summed E-state index contributed by atoms with van der Waals surface area (Å²) in [5, 5.41) is 0.964. The quantitative estimate of drug-likeness (QED) is 0.268. The van der Waals surface area contributed by atoms with Gasteiger partial charge in [-0.15, -0.1) is 0 Å². The van der Waals surface area contributed by atoms with Gasteiger partial charge in [-0.05, 0) is 86.7 Å². The highest BCUT2D eigenvalue weighted by atomic mass is 32.2. The van der Waals surface area contributed by atoms with E-state index in [0.29, 0.717) is 45.1 Å². The number of nitrogens with zero attached hydrogens (tertiary/aromatic N) is 3. The van der Waals surface area contributed by atoms with Gasteiger partial charge in [0, 0.05) is 36.2 Å². The molecule has 0 aliphatic carbocycles. The van der Waals surface area contributed by atoms with E-state index in [4.69, 9.17) is 0 Å². The molecular formula is C31H30F7N3OS. The molecule has 2 aliphatic heterocycles. The van der Waals surface area contributed by atoms with Crippen molar-refractivity contribution >= 4 is 29.2 Å². The highest BCUT2D eigenvalue weighted by Crippen LogP contribution is 2.43. The summed E-state index contributed by atoms with van der Waals surface area (Å²) in [7, 11) is 1.40. The normalized spacial score (nSPS) is 19.1. The Balaban J connectivity index is 1.58. The van der Waals surface area contributed by atoms with Gasteiger partial charge in [0.25, 0.3) is 0 Å². The zero-order valence-electron chi connectivity index (χ0n) is 23.9. The number of alkyl halides is 6. The topological polar surface area (TPSA) is 36.4 Å². The first-order chi connectivity index (χ1) is 19.9. The van der Waals surface area contributed by atoms with Crippen LogP contribution in [0.25, 0.3) is 11.1 Å². The number of likely N-dealkylation sites (N-methyl/N-ethyl adjacent to an activating group) is 1. The molecule has 3 aromatic rings. The number of anilines is 2. The van der Waals surface area contributed by atoms with Crippen LogP contribution < -0.4 is 9.80 Å². The van der Waals surface area contributed by atoms with Crippen molar-refractivity contribution in [2.75, 3.05) is 29.9 Å². The zero-order chi connectivity index (χ0) is 31.5. The average molecular weight is 626 g/mol. The predicted molar refractivity (Wildman–Crippen MR) is 154 cm³/mol. The Hall–Kier alpha value is -3.28. The summed E-state index contributed by atoms with van der Waals surface area (Å²) in [5.74, 6) is -0.521. The minimum atomic E-state index is -5.06. The van der Waals surface area contributed by atoms with Crippen molar-refractivity contribution in [3.63, 3.8) is 0 Å². The Labute approximate surface area is 249 Å². The summed E-state index contributed by atoms with van der Waals surface area (Å²) in [4.78, 5) is 22.0. The lowest BCUT2D eigenvalue weighted by molar-refractivity contribution is -0.143. The second-order valence-electron chi connectivity index (χ2n) is 11.7. The third kappa shape index (κ3) is 6.21. The summed E-state index contributed by atoms with van der Waals surface area (Å²) in [6, 6.07) is 7.23. The molecule has 2 aliphatic rings. The van der Waals surface area contributed by atoms with Crippen molar-refractivity contribution < 1.29 is 35.5 Å². The van der Waals surface area contributed by atoms with E-state index < -0.39 is 46.2 Å². The van der Waals surface area contributed by atoms with Crippen molar-refractivity contribution in [1.29, 1.82) is 0 Å². The van der Waals surface area contributed by atoms with E-state index in [1.54, 1.807) is 13.0 Å². The Morgan fingerprint density at radius 2 is 1.44 bits per heavy atom. The van der Waals surface area contributed by atoms with Gasteiger partial charge in [0.1, 0.15) is 11.6 Å². The molecule has 12 heteroatoms. The Bertz CT molecular complexity index is 1510. The van der Waals surface area contributed by atoms with Gasteiger partial charge >= 0.3 is 12.4 Å². The van der Waals surface area contributed by atoms with Gasteiger partial charge in [0.05, 0.1) is 28.4 Å². The van der Waals surface area contributed by atoms with Gasteiger partial charge in [-0.2, -0.15) is 38.1 Å². The lowest BCUT2D eigenvalue weighted by Gasteiger charge is -2.34. The molecule has 2 unspecified atom stereocenters. The fourth-order valence-corrected chi connectivity index (χ4v) is 7.41. The van der Waals surface area contributed by atoms with Gasteiger partial charge in [-0.25, -0.2) is 9.37 Å². The minimum absolute atomic E-state index is 0.0388. The van der Waals surface area contributed by atoms with E-state index in [1.165, 1.54) is 44.1 Å². The smallest absolute Gasteiger partial charge is 0.354 e. The number of carbonyl (C=O) groups is 1. The number of hydrogen-bond acceptors (Lipinski definition) is 4. The second-order valence-corrected chi connectivity index (χ2v) is 13.3. The fraction of sp³-hybridized carbons (Fsp3) is 0.419. The lowest BCUT2D eigenvalue weighted by atomic mass is 9.81. The maximum atomic E-state index is 14.0. The molecule has 4 nitrogen and oxygen atoms in total. The number of carbonyl (C=O) groups excluding carboxylic acids is 1. The van der Waals surface area contributed by atoms with E-state index in [9.17, 15) is 35.5 Å². The molecule has 1 amide bonds. The second kappa shape index (κ2) is 11.0. The summed E-state index contributed by atoms with van der Waals surface area (Å²) in [6.07, 6.45) is -6.39. The van der Waals surface area contributed by atoms with Crippen LogP contribution in [-0.4, -0.2) is 41.5 Å². The van der Waals surface area contributed by atoms with Crippen LogP contribution in [0.3, 0.4) is 0 Å². The highest BCUT2D eigenvalue weighted by molar-refractivity contribution is 8.00. The molecule has 0 spiro atoms. The SMILES string of the molecule is Cc1cc(F)ccc1-c1cc(N2CC3CCC(C2)S3)ncc1N(C)C(=O)C(C)(C)c1cc(C(F)(F)F)cc(C(F)(F)F)c1. The molecule has 0 radical (unpaired) electrons. The van der Waals surface area contributed by atoms with E-state index >= 15 is 0 Å². The van der Waals surface area contributed by atoms with Crippen molar-refractivity contribution in [2.45, 2.75) is 61.9 Å². The molecule has 2 bridgehead atoms. The van der Waals surface area contributed by atoms with E-state index in [0.717, 1.165) is 25.9 Å². The highest BCUT2D eigenvalue weighted by Gasteiger charge is 2.41. The number of fused-ring (bicyclic) bond motifs is 2. The van der Waals surface area contributed by atoms with Crippen LogP contribution in [0.1, 0.15) is 48.9 Å². The largest absolute Gasteiger partial charge is 0.416 e. The monoisotopic (exact) mass is 625 g/mol. The van der Waals surface area contributed by atoms with Crippen LogP contribution in [0.15, 0.2) is 48.7 Å². The number of amides is 1. The third-order valence-corrected chi connectivity index (χ3v) is 9.76. The molecule has 0 saturated carbocycles. The number of benzene rings is 2. The van der Waals surface area contributed by atoms with Crippen LogP contribution in [-0.2, 0) is 22.6 Å². The van der Waals surface area contributed by atoms with Crippen LogP contribution in [0.5, 0.6) is 0 Å². The molecule has 2 atom stereocenters. The summed E-state index contributed by atoms with van der Waals surface area (Å²) in [5.41, 5.74) is -3.20. The van der Waals surface area contributed by atoms with Crippen LogP contribution >= 0.6 is 11.8 Å². The maximum Gasteiger partial charge on any atom is 0.416 e. The van der Waals surface area contributed by atoms with E-state index in [1.807, 2.05) is 17.8 Å². The van der Waals surface area contributed by atoms with Crippen LogP contribution in [0.2, 0.25) is 0 Å². The van der Waals surface area contributed by atoms with E-state index in [2.05, 4.69) is 9.88 Å². The molecule has 230 valence electrons. The number of aromatic nitrogens is 1. The Morgan fingerprint density at radius 3 is 1.98 bits per heavy atom. The molecule has 2 fully saturated rings. The van der Waals surface area contributed by atoms with Gasteiger partial charge < -0.3 is 9.80 Å². The van der Waals surface area contributed by atoms with E-state index in [-0.39, 0.29) is 11.8 Å². The number of rotatable bonds is 5. The third-order valence-electron chi connectivity index (χ3n) is 8.22. The van der Waals surface area contributed by atoms with Gasteiger partial charge in [-0.3, -0.25) is 4.79 Å². The van der Waals surface area contributed by atoms with Gasteiger partial charge in [0.2, 0.25) is 5.91 Å². The van der Waals surface area contributed by atoms with Crippen molar-refractivity contribution in [2.24, 2.45) is 0 Å². The molecule has 43 heavy (non-hydrogen) atoms. The number of halogens is 7. The average Bonchev–Trinajstić information content (AvgIpc) is 3.27. The zero-order valence-corrected chi connectivity index (χ0v) is 24.7. The number of aryl methyl sites for hydroxylation is 1. The first-order valence-electron chi connectivity index (χ1n) is 13.7. The van der Waals surface area contributed by atoms with Crippen molar-refractivity contribution in [3.05, 3.63) is 76.7 Å². The standard InChI is InChI=1S/C31H30F7N3OS/c1-17-9-21(32)5-8-24(17)25-13-27(41-15-22-6-7-23(16-41)43-22)39-14-26(25)40(4)28(42)29(2,3)18-10-19(30(33,34)35)12-20(11-18)31(36,37)38/h5,8-14,22-23H,6-7,15-16H2,1-4H3. The number of thioether (sulfide) groups is 1. The lowest BCUT2D eigenvalue weighted by Crippen LogP contribution is -2.42. The first kappa shape index (κ1) is 31.2. The molecular weight excluding hydrogens is 595 g/mol. The minimum Gasteiger partial charge on any atom is -0.354 e. The van der Waals surface area contributed by atoms with Gasteiger partial charge in [0.15, 0.2) is 0 Å². The summed E-state index contributed by atoms with van der Waals surface area (Å²) in [6.45, 7) is 5.89. The van der Waals surface area contributed by atoms with Crippen molar-refractivity contribution in [1.82, 2.24) is 4.98 Å². The molecule has 2 aromatic carbocycles. The van der Waals surface area contributed by atoms with Crippen molar-refractivity contribution in [3.8, 4) is 11.1 Å². The molecule has 1 aromatic heterocycles. The fourth-order valence-electron chi connectivity index (χ4n) is 5.79. The number of hydrogen-bond donors (Lipinski definition) is 0. The maximum absolute atomic E-state index is 14.0.